The minimum absolute atomic E-state index is 0.0866. The molecule has 1 saturated heterocycles. The lowest BCUT2D eigenvalue weighted by molar-refractivity contribution is 0.0949. The monoisotopic (exact) mass is 498 g/mol. The van der Waals surface area contributed by atoms with Crippen LogP contribution in [-0.2, 0) is 6.54 Å². The number of benzene rings is 2. The summed E-state index contributed by atoms with van der Waals surface area (Å²) in [6, 6.07) is 16.3. The highest BCUT2D eigenvalue weighted by atomic mass is 16.5. The molecule has 0 aliphatic carbocycles. The largest absolute Gasteiger partial charge is 0.480 e. The Kier molecular flexibility index (Phi) is 6.75. The number of hydrazone groups is 1. The van der Waals surface area contributed by atoms with Crippen LogP contribution in [0.15, 0.2) is 64.5 Å². The number of nitrogens with two attached hydrogens (primary N) is 1. The van der Waals surface area contributed by atoms with E-state index in [1.54, 1.807) is 24.3 Å². The maximum Gasteiger partial charge on any atom is 0.292 e. The Hall–Kier alpha value is -4.80. The van der Waals surface area contributed by atoms with Gasteiger partial charge < -0.3 is 15.4 Å². The molecule has 3 heterocycles. The SMILES string of the molecule is COc1nc(N)nc(N2CCCC2)c1/C=N/NC(=O)c1nn(Cc2ccccc2)c(=O)c2ccccc12. The first kappa shape index (κ1) is 23.9. The van der Waals surface area contributed by atoms with Crippen LogP contribution in [0.25, 0.3) is 10.8 Å². The molecule has 3 N–H and O–H groups in total. The molecule has 0 atom stereocenters. The van der Waals surface area contributed by atoms with Crippen molar-refractivity contribution in [2.24, 2.45) is 5.10 Å². The lowest BCUT2D eigenvalue weighted by atomic mass is 10.1. The molecule has 1 fully saturated rings. The Balaban J connectivity index is 1.47. The zero-order chi connectivity index (χ0) is 25.8. The van der Waals surface area contributed by atoms with E-state index in [-0.39, 0.29) is 29.6 Å². The summed E-state index contributed by atoms with van der Waals surface area (Å²) in [6.07, 6.45) is 3.51. The Labute approximate surface area is 212 Å². The first-order valence-electron chi connectivity index (χ1n) is 11.9. The lowest BCUT2D eigenvalue weighted by Crippen LogP contribution is -2.29. The highest BCUT2D eigenvalue weighted by Crippen LogP contribution is 2.28. The molecule has 11 nitrogen and oxygen atoms in total. The molecular weight excluding hydrogens is 472 g/mol. The fourth-order valence-corrected chi connectivity index (χ4v) is 4.37. The Bertz CT molecular complexity index is 1530. The zero-order valence-corrected chi connectivity index (χ0v) is 20.3. The van der Waals surface area contributed by atoms with Crippen LogP contribution < -0.4 is 26.4 Å². The molecule has 2 aromatic carbocycles. The summed E-state index contributed by atoms with van der Waals surface area (Å²) in [4.78, 5) is 36.9. The van der Waals surface area contributed by atoms with E-state index in [2.05, 4.69) is 30.5 Å². The van der Waals surface area contributed by atoms with Gasteiger partial charge in [-0.15, -0.1) is 0 Å². The summed E-state index contributed by atoms with van der Waals surface area (Å²) in [5, 5.41) is 9.38. The molecule has 5 rings (SSSR count). The van der Waals surface area contributed by atoms with Crippen molar-refractivity contribution in [3.8, 4) is 5.88 Å². The molecule has 0 bridgehead atoms. The number of nitrogen functional groups attached to an aromatic ring is 1. The molecule has 1 aliphatic heterocycles. The van der Waals surface area contributed by atoms with Gasteiger partial charge in [-0.3, -0.25) is 9.59 Å². The van der Waals surface area contributed by atoms with Crippen LogP contribution in [0, 0.1) is 0 Å². The van der Waals surface area contributed by atoms with Gasteiger partial charge in [0.15, 0.2) is 5.69 Å². The number of ether oxygens (including phenoxy) is 1. The number of nitrogens with one attached hydrogen (secondary N) is 1. The number of fused-ring (bicyclic) bond motifs is 1. The second-order valence-electron chi connectivity index (χ2n) is 8.56. The van der Waals surface area contributed by atoms with E-state index < -0.39 is 5.91 Å². The van der Waals surface area contributed by atoms with E-state index in [0.717, 1.165) is 31.5 Å². The predicted molar refractivity (Wildman–Crippen MR) is 141 cm³/mol. The number of carbonyl (C=O) groups is 1. The molecule has 11 heteroatoms. The van der Waals surface area contributed by atoms with Crippen LogP contribution in [0.4, 0.5) is 11.8 Å². The molecule has 37 heavy (non-hydrogen) atoms. The standard InChI is InChI=1S/C26H26N8O3/c1-37-24-20(22(29-26(27)30-24)33-13-7-8-14-33)15-28-31-23(35)21-18-11-5-6-12-19(18)25(36)34(32-21)16-17-9-3-2-4-10-17/h2-6,9-12,15H,7-8,13-14,16H2,1H3,(H,31,35)(H2,27,29,30)/b28-15+. The van der Waals surface area contributed by atoms with Gasteiger partial charge in [-0.05, 0) is 24.5 Å². The third-order valence-electron chi connectivity index (χ3n) is 6.12. The molecule has 0 unspecified atom stereocenters. The molecule has 2 aromatic heterocycles. The number of aromatic nitrogens is 4. The van der Waals surface area contributed by atoms with Gasteiger partial charge in [0, 0.05) is 18.5 Å². The van der Waals surface area contributed by atoms with Gasteiger partial charge in [0.05, 0.1) is 30.8 Å². The number of rotatable bonds is 7. The second kappa shape index (κ2) is 10.4. The van der Waals surface area contributed by atoms with E-state index in [4.69, 9.17) is 10.5 Å². The maximum atomic E-state index is 13.2. The molecular formula is C26H26N8O3. The van der Waals surface area contributed by atoms with Gasteiger partial charge in [0.2, 0.25) is 11.8 Å². The molecule has 0 saturated carbocycles. The Morgan fingerprint density at radius 3 is 2.51 bits per heavy atom. The van der Waals surface area contributed by atoms with E-state index in [1.807, 2.05) is 30.3 Å². The van der Waals surface area contributed by atoms with E-state index in [0.29, 0.717) is 22.2 Å². The van der Waals surface area contributed by atoms with Gasteiger partial charge in [-0.2, -0.15) is 20.2 Å². The summed E-state index contributed by atoms with van der Waals surface area (Å²) in [7, 11) is 1.48. The van der Waals surface area contributed by atoms with Crippen LogP contribution in [0.3, 0.4) is 0 Å². The maximum absolute atomic E-state index is 13.2. The third-order valence-corrected chi connectivity index (χ3v) is 6.12. The number of nitrogens with zero attached hydrogens (tertiary/aromatic N) is 6. The average Bonchev–Trinajstić information content (AvgIpc) is 3.46. The summed E-state index contributed by atoms with van der Waals surface area (Å²) >= 11 is 0. The number of hydrogen-bond donors (Lipinski definition) is 2. The van der Waals surface area contributed by atoms with E-state index >= 15 is 0 Å². The summed E-state index contributed by atoms with van der Waals surface area (Å²) in [6.45, 7) is 1.88. The number of amides is 1. The lowest BCUT2D eigenvalue weighted by Gasteiger charge is -2.19. The van der Waals surface area contributed by atoms with Crippen molar-refractivity contribution in [3.63, 3.8) is 0 Å². The minimum atomic E-state index is -0.563. The van der Waals surface area contributed by atoms with Crippen molar-refractivity contribution in [3.05, 3.63) is 81.8 Å². The smallest absolute Gasteiger partial charge is 0.292 e. The molecule has 4 aromatic rings. The Morgan fingerprint density at radius 2 is 1.78 bits per heavy atom. The van der Waals surface area contributed by atoms with Crippen LogP contribution in [-0.4, -0.2) is 52.1 Å². The van der Waals surface area contributed by atoms with Crippen LogP contribution >= 0.6 is 0 Å². The zero-order valence-electron chi connectivity index (χ0n) is 20.3. The number of hydrogen-bond acceptors (Lipinski definition) is 9. The highest BCUT2D eigenvalue weighted by Gasteiger charge is 2.22. The number of methoxy groups -OCH3 is 1. The number of carbonyl (C=O) groups excluding carboxylic acids is 1. The molecule has 188 valence electrons. The van der Waals surface area contributed by atoms with Gasteiger partial charge >= 0.3 is 0 Å². The van der Waals surface area contributed by atoms with Gasteiger partial charge in [0.25, 0.3) is 11.5 Å². The van der Waals surface area contributed by atoms with Gasteiger partial charge in [0.1, 0.15) is 5.82 Å². The fourth-order valence-electron chi connectivity index (χ4n) is 4.37. The fraction of sp³-hybridized carbons (Fsp3) is 0.231. The first-order valence-corrected chi connectivity index (χ1v) is 11.9. The predicted octanol–water partition coefficient (Wildman–Crippen LogP) is 2.19. The number of anilines is 2. The summed E-state index contributed by atoms with van der Waals surface area (Å²) in [5.41, 5.74) is 9.61. The quantitative estimate of drug-likeness (QED) is 0.292. The second-order valence-corrected chi connectivity index (χ2v) is 8.56. The van der Waals surface area contributed by atoms with Crippen molar-refractivity contribution in [1.82, 2.24) is 25.2 Å². The van der Waals surface area contributed by atoms with E-state index in [1.165, 1.54) is 18.0 Å². The van der Waals surface area contributed by atoms with Gasteiger partial charge in [-0.25, -0.2) is 10.1 Å². The third kappa shape index (κ3) is 4.96. The summed E-state index contributed by atoms with van der Waals surface area (Å²) < 4.78 is 6.69. The normalized spacial score (nSPS) is 13.4. The van der Waals surface area contributed by atoms with Crippen LogP contribution in [0.1, 0.15) is 34.5 Å². The van der Waals surface area contributed by atoms with Crippen molar-refractivity contribution in [2.45, 2.75) is 19.4 Å². The minimum Gasteiger partial charge on any atom is -0.480 e. The summed E-state index contributed by atoms with van der Waals surface area (Å²) in [5.74, 6) is 0.385. The van der Waals surface area contributed by atoms with Crippen molar-refractivity contribution >= 4 is 34.7 Å². The molecule has 1 aliphatic rings. The topological polar surface area (TPSA) is 141 Å². The van der Waals surface area contributed by atoms with Crippen molar-refractivity contribution in [2.75, 3.05) is 30.8 Å². The highest BCUT2D eigenvalue weighted by molar-refractivity contribution is 6.05. The van der Waals surface area contributed by atoms with Crippen LogP contribution in [0.2, 0.25) is 0 Å². The molecule has 0 spiro atoms. The van der Waals surface area contributed by atoms with Gasteiger partial charge in [-0.1, -0.05) is 48.5 Å². The molecule has 0 radical (unpaired) electrons. The Morgan fingerprint density at radius 1 is 1.08 bits per heavy atom. The average molecular weight is 499 g/mol. The molecule has 1 amide bonds. The van der Waals surface area contributed by atoms with E-state index in [9.17, 15) is 9.59 Å². The van der Waals surface area contributed by atoms with Crippen LogP contribution in [0.5, 0.6) is 5.88 Å². The first-order chi connectivity index (χ1) is 18.0. The van der Waals surface area contributed by atoms with Crippen molar-refractivity contribution in [1.29, 1.82) is 0 Å². The van der Waals surface area contributed by atoms with Crippen molar-refractivity contribution < 1.29 is 9.53 Å².